The zero-order valence-electron chi connectivity index (χ0n) is 25.8. The SMILES string of the molecule is COc1ccc(-c2ccc(C(=O)O)cc2C)cc1-c1ccc(C(F)(F)F)cc1[C@H]1OC[C@H]2C1=NO[C@H]2c1cc(C(F)(F)F)cc(C(F)(F)F)c1. The van der Waals surface area contributed by atoms with E-state index in [1.54, 1.807) is 31.2 Å². The van der Waals surface area contributed by atoms with Crippen molar-refractivity contribution in [2.75, 3.05) is 13.7 Å². The molecule has 3 atom stereocenters. The fraction of sp³-hybridized carbons (Fsp3) is 0.257. The molecule has 0 bridgehead atoms. The number of hydrogen-bond donors (Lipinski definition) is 1. The van der Waals surface area contributed by atoms with Gasteiger partial charge in [0, 0.05) is 5.56 Å². The topological polar surface area (TPSA) is 77.4 Å². The van der Waals surface area contributed by atoms with Gasteiger partial charge in [0.15, 0.2) is 6.10 Å². The molecular weight excluding hydrogens is 685 g/mol. The lowest BCUT2D eigenvalue weighted by Crippen LogP contribution is -2.19. The van der Waals surface area contributed by atoms with Crippen LogP contribution in [-0.4, -0.2) is 30.5 Å². The Morgan fingerprint density at radius 2 is 1.42 bits per heavy atom. The molecule has 0 spiro atoms. The van der Waals surface area contributed by atoms with Crippen molar-refractivity contribution in [1.29, 1.82) is 0 Å². The second-order valence-electron chi connectivity index (χ2n) is 11.8. The van der Waals surface area contributed by atoms with Gasteiger partial charge >= 0.3 is 24.5 Å². The number of oxime groups is 1. The molecule has 0 radical (unpaired) electrons. The molecule has 1 saturated heterocycles. The number of carbonyl (C=O) groups is 1. The molecule has 4 aromatic carbocycles. The average Bonchev–Trinajstić information content (AvgIpc) is 3.65. The van der Waals surface area contributed by atoms with E-state index in [4.69, 9.17) is 14.3 Å². The smallest absolute Gasteiger partial charge is 0.416 e. The van der Waals surface area contributed by atoms with Gasteiger partial charge in [-0.15, -0.1) is 0 Å². The highest BCUT2D eigenvalue weighted by molar-refractivity contribution is 5.97. The van der Waals surface area contributed by atoms with E-state index in [0.29, 0.717) is 34.4 Å². The third-order valence-electron chi connectivity index (χ3n) is 8.60. The Labute approximate surface area is 277 Å². The predicted molar refractivity (Wildman–Crippen MR) is 160 cm³/mol. The zero-order valence-corrected chi connectivity index (χ0v) is 25.8. The van der Waals surface area contributed by atoms with E-state index in [-0.39, 0.29) is 40.8 Å². The van der Waals surface area contributed by atoms with Gasteiger partial charge in [-0.2, -0.15) is 39.5 Å². The summed E-state index contributed by atoms with van der Waals surface area (Å²) in [5, 5.41) is 13.3. The lowest BCUT2D eigenvalue weighted by atomic mass is 9.86. The third kappa shape index (κ3) is 6.49. The molecule has 1 fully saturated rings. The molecule has 0 amide bonds. The minimum Gasteiger partial charge on any atom is -0.496 e. The Morgan fingerprint density at radius 3 is 2.00 bits per heavy atom. The van der Waals surface area contributed by atoms with E-state index < -0.39 is 64.9 Å². The van der Waals surface area contributed by atoms with Gasteiger partial charge in [-0.3, -0.25) is 0 Å². The Balaban J connectivity index is 1.44. The standard InChI is InChI=1S/C35H24F9NO5/c1-16-9-18(32(46)47)3-6-23(16)17-4-8-28(48-2)25(12-17)24-7-5-20(33(36,37)38)14-26(24)31-29-27(15-49-31)30(50-45-29)19-10-21(34(39,40)41)13-22(11-19)35(42,43)44/h3-14,27,30-31H,15H2,1-2H3,(H,46,47)/t27-,30-,31+/m0/s1. The minimum atomic E-state index is -5.12. The van der Waals surface area contributed by atoms with E-state index in [0.717, 1.165) is 12.1 Å². The van der Waals surface area contributed by atoms with Crippen molar-refractivity contribution in [2.24, 2.45) is 11.1 Å². The number of nitrogens with zero attached hydrogens (tertiary/aromatic N) is 1. The number of halogens is 9. The Kier molecular flexibility index (Phi) is 8.61. The molecule has 15 heteroatoms. The molecule has 6 rings (SSSR count). The molecule has 0 saturated carbocycles. The van der Waals surface area contributed by atoms with E-state index in [9.17, 15) is 49.4 Å². The van der Waals surface area contributed by atoms with Crippen molar-refractivity contribution >= 4 is 11.7 Å². The van der Waals surface area contributed by atoms with Gasteiger partial charge in [-0.1, -0.05) is 23.4 Å². The first-order valence-electron chi connectivity index (χ1n) is 14.7. The quantitative estimate of drug-likeness (QED) is 0.202. The molecule has 50 heavy (non-hydrogen) atoms. The number of carboxylic acids is 1. The van der Waals surface area contributed by atoms with E-state index >= 15 is 0 Å². The first-order valence-corrected chi connectivity index (χ1v) is 14.7. The van der Waals surface area contributed by atoms with Gasteiger partial charge in [0.05, 0.1) is 41.9 Å². The maximum atomic E-state index is 14.0. The maximum Gasteiger partial charge on any atom is 0.416 e. The monoisotopic (exact) mass is 709 g/mol. The molecule has 6 nitrogen and oxygen atoms in total. The highest BCUT2D eigenvalue weighted by Crippen LogP contribution is 2.49. The largest absolute Gasteiger partial charge is 0.496 e. The summed E-state index contributed by atoms with van der Waals surface area (Å²) in [6.45, 7) is 1.35. The summed E-state index contributed by atoms with van der Waals surface area (Å²) in [5.74, 6) is -1.92. The molecule has 2 heterocycles. The third-order valence-corrected chi connectivity index (χ3v) is 8.60. The first-order chi connectivity index (χ1) is 23.4. The Hall–Kier alpha value is -5.05. The molecular formula is C35H24F9NO5. The Bertz CT molecular complexity index is 1990. The number of methoxy groups -OCH3 is 1. The second-order valence-corrected chi connectivity index (χ2v) is 11.8. The number of fused-ring (bicyclic) bond motifs is 1. The van der Waals surface area contributed by atoms with Gasteiger partial charge in [-0.25, -0.2) is 4.79 Å². The number of aryl methyl sites for hydroxylation is 1. The van der Waals surface area contributed by atoms with Crippen molar-refractivity contribution in [1.82, 2.24) is 0 Å². The summed E-state index contributed by atoms with van der Waals surface area (Å²) in [6, 6.07) is 13.3. The second kappa shape index (κ2) is 12.4. The highest BCUT2D eigenvalue weighted by atomic mass is 19.4. The van der Waals surface area contributed by atoms with E-state index in [1.807, 2.05) is 0 Å². The van der Waals surface area contributed by atoms with Crippen LogP contribution in [-0.2, 0) is 28.1 Å². The summed E-state index contributed by atoms with van der Waals surface area (Å²) in [4.78, 5) is 16.8. The maximum absolute atomic E-state index is 14.0. The number of rotatable bonds is 6. The van der Waals surface area contributed by atoms with Crippen molar-refractivity contribution in [3.05, 3.63) is 112 Å². The van der Waals surface area contributed by atoms with Crippen LogP contribution in [0.1, 0.15) is 55.9 Å². The van der Waals surface area contributed by atoms with Crippen LogP contribution in [0.5, 0.6) is 5.75 Å². The van der Waals surface area contributed by atoms with Crippen LogP contribution in [0.2, 0.25) is 0 Å². The van der Waals surface area contributed by atoms with E-state index in [1.165, 1.54) is 25.3 Å². The van der Waals surface area contributed by atoms with Crippen molar-refractivity contribution < 1.29 is 63.7 Å². The highest BCUT2D eigenvalue weighted by Gasteiger charge is 2.48. The number of aromatic carboxylic acids is 1. The molecule has 2 aliphatic heterocycles. The number of ether oxygens (including phenoxy) is 2. The van der Waals surface area contributed by atoms with E-state index in [2.05, 4.69) is 5.16 Å². The van der Waals surface area contributed by atoms with Gasteiger partial charge in [0.25, 0.3) is 0 Å². The van der Waals surface area contributed by atoms with Crippen LogP contribution in [0.4, 0.5) is 39.5 Å². The van der Waals surface area contributed by atoms with Crippen LogP contribution in [0.25, 0.3) is 22.3 Å². The summed E-state index contributed by atoms with van der Waals surface area (Å²) in [6.07, 6.45) is -17.8. The summed E-state index contributed by atoms with van der Waals surface area (Å²) in [5.41, 5.74) is -2.38. The van der Waals surface area contributed by atoms with Gasteiger partial charge < -0.3 is 19.4 Å². The average molecular weight is 710 g/mol. The molecule has 4 aromatic rings. The number of alkyl halides is 9. The van der Waals surface area contributed by atoms with Crippen LogP contribution in [0.15, 0.2) is 78.0 Å². The van der Waals surface area contributed by atoms with Crippen molar-refractivity contribution in [2.45, 2.75) is 37.7 Å². The van der Waals surface area contributed by atoms with Crippen LogP contribution in [0, 0.1) is 12.8 Å². The number of carboxylic acid groups (broad SMARTS) is 1. The van der Waals surface area contributed by atoms with Crippen molar-refractivity contribution in [3.8, 4) is 28.0 Å². The molecule has 0 aromatic heterocycles. The Morgan fingerprint density at radius 1 is 0.780 bits per heavy atom. The summed E-state index contributed by atoms with van der Waals surface area (Å²) >= 11 is 0. The predicted octanol–water partition coefficient (Wildman–Crippen LogP) is 9.91. The summed E-state index contributed by atoms with van der Waals surface area (Å²) in [7, 11) is 1.35. The van der Waals surface area contributed by atoms with Crippen LogP contribution >= 0.6 is 0 Å². The minimum absolute atomic E-state index is 0.0169. The molecule has 2 aliphatic rings. The first kappa shape index (κ1) is 34.8. The zero-order chi connectivity index (χ0) is 36.3. The normalized spacial score (nSPS) is 19.2. The van der Waals surface area contributed by atoms with Crippen LogP contribution in [0.3, 0.4) is 0 Å². The van der Waals surface area contributed by atoms with Gasteiger partial charge in [0.2, 0.25) is 0 Å². The van der Waals surface area contributed by atoms with Gasteiger partial charge in [0.1, 0.15) is 17.6 Å². The van der Waals surface area contributed by atoms with Crippen molar-refractivity contribution in [3.63, 3.8) is 0 Å². The fourth-order valence-corrected chi connectivity index (χ4v) is 6.21. The fourth-order valence-electron chi connectivity index (χ4n) is 6.21. The van der Waals surface area contributed by atoms with Crippen LogP contribution < -0.4 is 4.74 Å². The summed E-state index contributed by atoms with van der Waals surface area (Å²) < 4.78 is 135. The number of benzene rings is 4. The molecule has 0 unspecified atom stereocenters. The molecule has 0 aliphatic carbocycles. The lowest BCUT2D eigenvalue weighted by molar-refractivity contribution is -0.143. The van der Waals surface area contributed by atoms with Gasteiger partial charge in [-0.05, 0) is 94.9 Å². The lowest BCUT2D eigenvalue weighted by Gasteiger charge is -2.20. The number of hydrogen-bond acceptors (Lipinski definition) is 5. The molecule has 262 valence electrons. The molecule has 1 N–H and O–H groups in total.